The maximum Gasteiger partial charge on any atom is 0.276 e. The highest BCUT2D eigenvalue weighted by Gasteiger charge is 2.22. The molecule has 1 aromatic rings. The van der Waals surface area contributed by atoms with Crippen LogP contribution in [0.15, 0.2) is 24.3 Å². The molecule has 1 aromatic carbocycles. The lowest BCUT2D eigenvalue weighted by atomic mass is 9.96. The fourth-order valence-corrected chi connectivity index (χ4v) is 2.01. The minimum atomic E-state index is -0.571. The number of amides is 2. The molecular formula is C18H27N3O3S. The van der Waals surface area contributed by atoms with Crippen LogP contribution in [-0.2, 0) is 9.59 Å². The van der Waals surface area contributed by atoms with E-state index < -0.39 is 11.3 Å². The number of carbonyl (C=O) groups excluding carboxylic acids is 2. The number of ether oxygens (including phenoxy) is 1. The summed E-state index contributed by atoms with van der Waals surface area (Å²) in [6.07, 6.45) is 0.982. The standard InChI is InChI=1S/C18H27N3O3S/c1-6-12(2)13-9-7-8-10-14(13)24-11-15(22)20-21-17(25)19-16(23)18(3,4)5/h7-10,12H,6,11H2,1-5H3,(H,20,22)(H2,19,21,23,25)/t12-/m0/s1. The first-order valence-corrected chi connectivity index (χ1v) is 8.68. The average molecular weight is 365 g/mol. The first-order valence-electron chi connectivity index (χ1n) is 8.27. The van der Waals surface area contributed by atoms with Gasteiger partial charge in [0.25, 0.3) is 5.91 Å². The number of thiocarbonyl (C=S) groups is 1. The molecule has 0 heterocycles. The number of nitrogens with one attached hydrogen (secondary N) is 3. The van der Waals surface area contributed by atoms with Gasteiger partial charge in [0, 0.05) is 5.41 Å². The van der Waals surface area contributed by atoms with Gasteiger partial charge in [0.15, 0.2) is 11.7 Å². The number of para-hydroxylation sites is 1. The topological polar surface area (TPSA) is 79.5 Å². The van der Waals surface area contributed by atoms with Crippen LogP contribution >= 0.6 is 12.2 Å². The number of hydrazine groups is 1. The molecule has 0 aromatic heterocycles. The minimum Gasteiger partial charge on any atom is -0.483 e. The van der Waals surface area contributed by atoms with E-state index in [0.717, 1.165) is 12.0 Å². The van der Waals surface area contributed by atoms with Gasteiger partial charge in [-0.25, -0.2) is 0 Å². The van der Waals surface area contributed by atoms with Crippen LogP contribution in [0.2, 0.25) is 0 Å². The molecule has 0 aliphatic carbocycles. The normalized spacial score (nSPS) is 12.0. The molecule has 0 spiro atoms. The number of hydrogen-bond acceptors (Lipinski definition) is 4. The van der Waals surface area contributed by atoms with Gasteiger partial charge in [0.2, 0.25) is 5.91 Å². The van der Waals surface area contributed by atoms with Crippen LogP contribution in [-0.4, -0.2) is 23.5 Å². The van der Waals surface area contributed by atoms with Gasteiger partial charge in [-0.05, 0) is 36.2 Å². The van der Waals surface area contributed by atoms with E-state index in [-0.39, 0.29) is 17.6 Å². The summed E-state index contributed by atoms with van der Waals surface area (Å²) in [6.45, 7) is 9.37. The summed E-state index contributed by atoms with van der Waals surface area (Å²) in [5.41, 5.74) is 5.39. The van der Waals surface area contributed by atoms with Crippen molar-refractivity contribution < 1.29 is 14.3 Å². The van der Waals surface area contributed by atoms with E-state index in [1.54, 1.807) is 20.8 Å². The van der Waals surface area contributed by atoms with E-state index in [9.17, 15) is 9.59 Å². The number of rotatable bonds is 5. The van der Waals surface area contributed by atoms with Gasteiger partial charge in [-0.3, -0.25) is 20.4 Å². The van der Waals surface area contributed by atoms with Gasteiger partial charge in [0.1, 0.15) is 5.75 Å². The summed E-state index contributed by atoms with van der Waals surface area (Å²) in [7, 11) is 0. The van der Waals surface area contributed by atoms with Gasteiger partial charge in [-0.15, -0.1) is 0 Å². The van der Waals surface area contributed by atoms with Crippen molar-refractivity contribution in [3.8, 4) is 5.75 Å². The predicted molar refractivity (Wildman–Crippen MR) is 102 cm³/mol. The Kier molecular flexibility index (Phi) is 7.83. The molecule has 0 aliphatic heterocycles. The first-order chi connectivity index (χ1) is 11.6. The third kappa shape index (κ3) is 7.09. The molecule has 138 valence electrons. The highest BCUT2D eigenvalue weighted by atomic mass is 32.1. The molecule has 0 radical (unpaired) electrons. The fraction of sp³-hybridized carbons (Fsp3) is 0.500. The largest absolute Gasteiger partial charge is 0.483 e. The quantitative estimate of drug-likeness (QED) is 0.552. The lowest BCUT2D eigenvalue weighted by Gasteiger charge is -2.19. The molecule has 6 nitrogen and oxygen atoms in total. The molecule has 0 unspecified atom stereocenters. The Labute approximate surface area is 154 Å². The predicted octanol–water partition coefficient (Wildman–Crippen LogP) is 2.65. The van der Waals surface area contributed by atoms with Gasteiger partial charge in [0.05, 0.1) is 0 Å². The van der Waals surface area contributed by atoms with E-state index in [1.807, 2.05) is 24.3 Å². The second-order valence-corrected chi connectivity index (χ2v) is 7.25. The van der Waals surface area contributed by atoms with Gasteiger partial charge < -0.3 is 10.1 Å². The van der Waals surface area contributed by atoms with Crippen LogP contribution in [0.25, 0.3) is 0 Å². The van der Waals surface area contributed by atoms with Crippen molar-refractivity contribution in [3.63, 3.8) is 0 Å². The summed E-state index contributed by atoms with van der Waals surface area (Å²) >= 11 is 4.97. The van der Waals surface area contributed by atoms with Crippen molar-refractivity contribution in [2.24, 2.45) is 5.41 Å². The van der Waals surface area contributed by atoms with E-state index in [0.29, 0.717) is 11.7 Å². The van der Waals surface area contributed by atoms with Crippen molar-refractivity contribution in [2.75, 3.05) is 6.61 Å². The second-order valence-electron chi connectivity index (χ2n) is 6.84. The molecule has 0 aliphatic rings. The zero-order valence-corrected chi connectivity index (χ0v) is 16.3. The first kappa shape index (κ1) is 20.9. The number of carbonyl (C=O) groups is 2. The fourth-order valence-electron chi connectivity index (χ4n) is 1.87. The molecule has 1 rings (SSSR count). The summed E-state index contributed by atoms with van der Waals surface area (Å²) in [5, 5.41) is 2.54. The van der Waals surface area contributed by atoms with Crippen molar-refractivity contribution in [3.05, 3.63) is 29.8 Å². The molecule has 0 fully saturated rings. The van der Waals surface area contributed by atoms with E-state index in [4.69, 9.17) is 17.0 Å². The molecular weight excluding hydrogens is 338 g/mol. The smallest absolute Gasteiger partial charge is 0.276 e. The van der Waals surface area contributed by atoms with Crippen LogP contribution in [0, 0.1) is 5.41 Å². The highest BCUT2D eigenvalue weighted by Crippen LogP contribution is 2.28. The van der Waals surface area contributed by atoms with Crippen LogP contribution < -0.4 is 20.9 Å². The highest BCUT2D eigenvalue weighted by molar-refractivity contribution is 7.80. The Morgan fingerprint density at radius 2 is 1.84 bits per heavy atom. The summed E-state index contributed by atoms with van der Waals surface area (Å²) in [4.78, 5) is 23.7. The van der Waals surface area contributed by atoms with Crippen LogP contribution in [0.1, 0.15) is 52.5 Å². The molecule has 0 saturated carbocycles. The second kappa shape index (κ2) is 9.36. The SMILES string of the molecule is CC[C@H](C)c1ccccc1OCC(=O)NNC(=S)NC(=O)C(C)(C)C. The molecule has 1 atom stereocenters. The monoisotopic (exact) mass is 365 g/mol. The van der Waals surface area contributed by atoms with E-state index in [1.165, 1.54) is 0 Å². The van der Waals surface area contributed by atoms with E-state index in [2.05, 4.69) is 30.0 Å². The zero-order chi connectivity index (χ0) is 19.0. The molecule has 25 heavy (non-hydrogen) atoms. The molecule has 2 amide bonds. The Morgan fingerprint density at radius 3 is 2.44 bits per heavy atom. The van der Waals surface area contributed by atoms with Crippen LogP contribution in [0.3, 0.4) is 0 Å². The molecule has 3 N–H and O–H groups in total. The summed E-state index contributed by atoms with van der Waals surface area (Å²) < 4.78 is 5.61. The maximum absolute atomic E-state index is 11.9. The summed E-state index contributed by atoms with van der Waals surface area (Å²) in [5.74, 6) is 0.400. The van der Waals surface area contributed by atoms with Crippen LogP contribution in [0.5, 0.6) is 5.75 Å². The van der Waals surface area contributed by atoms with Crippen molar-refractivity contribution in [1.82, 2.24) is 16.2 Å². The Morgan fingerprint density at radius 1 is 1.20 bits per heavy atom. The lowest BCUT2D eigenvalue weighted by molar-refractivity contribution is -0.127. The van der Waals surface area contributed by atoms with Gasteiger partial charge >= 0.3 is 0 Å². The van der Waals surface area contributed by atoms with Crippen molar-refractivity contribution in [2.45, 2.75) is 47.0 Å². The Bertz CT molecular complexity index is 626. The van der Waals surface area contributed by atoms with Gasteiger partial charge in [-0.2, -0.15) is 0 Å². The number of hydrogen-bond donors (Lipinski definition) is 3. The Hall–Kier alpha value is -2.15. The minimum absolute atomic E-state index is 0.0354. The zero-order valence-electron chi connectivity index (χ0n) is 15.4. The van der Waals surface area contributed by atoms with Crippen LogP contribution in [0.4, 0.5) is 0 Å². The maximum atomic E-state index is 11.9. The van der Waals surface area contributed by atoms with Crippen molar-refractivity contribution >= 4 is 29.1 Å². The molecule has 0 bridgehead atoms. The Balaban J connectivity index is 2.46. The third-order valence-corrected chi connectivity index (χ3v) is 3.85. The average Bonchev–Trinajstić information content (AvgIpc) is 2.56. The molecule has 7 heteroatoms. The number of benzene rings is 1. The van der Waals surface area contributed by atoms with E-state index >= 15 is 0 Å². The third-order valence-electron chi connectivity index (χ3n) is 3.64. The van der Waals surface area contributed by atoms with Gasteiger partial charge in [-0.1, -0.05) is 52.8 Å². The van der Waals surface area contributed by atoms with Crippen molar-refractivity contribution in [1.29, 1.82) is 0 Å². The lowest BCUT2D eigenvalue weighted by Crippen LogP contribution is -2.51. The summed E-state index contributed by atoms with van der Waals surface area (Å²) in [6, 6.07) is 7.66. The molecule has 0 saturated heterocycles.